The van der Waals surface area contributed by atoms with Crippen molar-refractivity contribution in [1.29, 1.82) is 0 Å². The maximum absolute atomic E-state index is 12.2. The van der Waals surface area contributed by atoms with Crippen molar-refractivity contribution < 1.29 is 14.3 Å². The monoisotopic (exact) mass is 333 g/mol. The molecule has 0 fully saturated rings. The zero-order valence-electron chi connectivity index (χ0n) is 13.6. The number of aryl methyl sites for hydroxylation is 2. The number of nitrogens with one attached hydrogen (secondary N) is 1. The SMILES string of the molecule is COc1ccc(NC(=O)[C@H](C)Oc2cc(C)c(Cl)c(C)c2)cc1. The lowest BCUT2D eigenvalue weighted by molar-refractivity contribution is -0.122. The molecule has 5 heteroatoms. The molecule has 1 amide bonds. The molecule has 0 aromatic heterocycles. The highest BCUT2D eigenvalue weighted by Crippen LogP contribution is 2.26. The van der Waals surface area contributed by atoms with E-state index in [4.69, 9.17) is 21.1 Å². The molecule has 0 saturated carbocycles. The largest absolute Gasteiger partial charge is 0.497 e. The standard InChI is InChI=1S/C18H20ClNO3/c1-11-9-16(10-12(2)17(11)19)23-13(3)18(21)20-14-5-7-15(22-4)8-6-14/h5-10,13H,1-4H3,(H,20,21)/t13-/m0/s1. The summed E-state index contributed by atoms with van der Waals surface area (Å²) in [6.45, 7) is 5.52. The number of benzene rings is 2. The van der Waals surface area contributed by atoms with Crippen LogP contribution in [0.4, 0.5) is 5.69 Å². The molecule has 1 atom stereocenters. The van der Waals surface area contributed by atoms with Crippen LogP contribution in [-0.4, -0.2) is 19.1 Å². The van der Waals surface area contributed by atoms with Gasteiger partial charge in [-0.1, -0.05) is 11.6 Å². The van der Waals surface area contributed by atoms with Crippen LogP contribution in [0.3, 0.4) is 0 Å². The van der Waals surface area contributed by atoms with Gasteiger partial charge in [0.1, 0.15) is 11.5 Å². The number of methoxy groups -OCH3 is 1. The quantitative estimate of drug-likeness (QED) is 0.883. The zero-order chi connectivity index (χ0) is 17.0. The molecular weight excluding hydrogens is 314 g/mol. The van der Waals surface area contributed by atoms with Crippen LogP contribution in [0.15, 0.2) is 36.4 Å². The van der Waals surface area contributed by atoms with Gasteiger partial charge in [0.05, 0.1) is 7.11 Å². The number of carbonyl (C=O) groups is 1. The van der Waals surface area contributed by atoms with Crippen molar-refractivity contribution in [3.8, 4) is 11.5 Å². The molecule has 0 aliphatic heterocycles. The summed E-state index contributed by atoms with van der Waals surface area (Å²) < 4.78 is 10.8. The summed E-state index contributed by atoms with van der Waals surface area (Å²) in [6, 6.07) is 10.8. The van der Waals surface area contributed by atoms with Gasteiger partial charge in [0.25, 0.3) is 5.91 Å². The summed E-state index contributed by atoms with van der Waals surface area (Å²) in [5.74, 6) is 1.14. The van der Waals surface area contributed by atoms with Crippen LogP contribution >= 0.6 is 11.6 Å². The fourth-order valence-corrected chi connectivity index (χ4v) is 2.26. The first kappa shape index (κ1) is 17.2. The Balaban J connectivity index is 2.02. The fourth-order valence-electron chi connectivity index (χ4n) is 2.15. The van der Waals surface area contributed by atoms with Crippen molar-refractivity contribution in [1.82, 2.24) is 0 Å². The Bertz CT molecular complexity index is 675. The first-order valence-corrected chi connectivity index (χ1v) is 7.67. The highest BCUT2D eigenvalue weighted by atomic mass is 35.5. The fraction of sp³-hybridized carbons (Fsp3) is 0.278. The molecule has 23 heavy (non-hydrogen) atoms. The number of halogens is 1. The number of anilines is 1. The van der Waals surface area contributed by atoms with Gasteiger partial charge >= 0.3 is 0 Å². The van der Waals surface area contributed by atoms with E-state index in [1.165, 1.54) is 0 Å². The average molecular weight is 334 g/mol. The molecule has 0 heterocycles. The maximum Gasteiger partial charge on any atom is 0.265 e. The van der Waals surface area contributed by atoms with Gasteiger partial charge < -0.3 is 14.8 Å². The molecule has 4 nitrogen and oxygen atoms in total. The van der Waals surface area contributed by atoms with Crippen LogP contribution in [0.2, 0.25) is 5.02 Å². The summed E-state index contributed by atoms with van der Waals surface area (Å²) in [6.07, 6.45) is -0.628. The minimum absolute atomic E-state index is 0.222. The van der Waals surface area contributed by atoms with E-state index in [9.17, 15) is 4.79 Å². The van der Waals surface area contributed by atoms with E-state index in [0.29, 0.717) is 16.5 Å². The first-order chi connectivity index (χ1) is 10.9. The summed E-state index contributed by atoms with van der Waals surface area (Å²) in [5, 5.41) is 3.52. The van der Waals surface area contributed by atoms with E-state index in [2.05, 4.69) is 5.32 Å². The van der Waals surface area contributed by atoms with Crippen molar-refractivity contribution >= 4 is 23.2 Å². The second-order valence-electron chi connectivity index (χ2n) is 5.35. The normalized spacial score (nSPS) is 11.7. The van der Waals surface area contributed by atoms with E-state index in [1.54, 1.807) is 38.3 Å². The van der Waals surface area contributed by atoms with Crippen LogP contribution in [0.5, 0.6) is 11.5 Å². The molecule has 0 spiro atoms. The number of hydrogen-bond acceptors (Lipinski definition) is 3. The number of ether oxygens (including phenoxy) is 2. The summed E-state index contributed by atoms with van der Waals surface area (Å²) in [4.78, 5) is 12.2. The number of hydrogen-bond donors (Lipinski definition) is 1. The molecule has 2 aromatic rings. The lowest BCUT2D eigenvalue weighted by Crippen LogP contribution is -2.30. The Morgan fingerprint density at radius 2 is 1.65 bits per heavy atom. The molecule has 0 unspecified atom stereocenters. The first-order valence-electron chi connectivity index (χ1n) is 7.29. The number of amides is 1. The third-order valence-corrected chi connectivity index (χ3v) is 4.05. The summed E-state index contributed by atoms with van der Waals surface area (Å²) >= 11 is 6.14. The van der Waals surface area contributed by atoms with Crippen molar-refractivity contribution in [2.75, 3.05) is 12.4 Å². The topological polar surface area (TPSA) is 47.6 Å². The van der Waals surface area contributed by atoms with E-state index >= 15 is 0 Å². The molecule has 2 rings (SSSR count). The van der Waals surface area contributed by atoms with Gasteiger partial charge in [-0.25, -0.2) is 0 Å². The van der Waals surface area contributed by atoms with Crippen LogP contribution in [0.25, 0.3) is 0 Å². The van der Waals surface area contributed by atoms with Gasteiger partial charge in [-0.15, -0.1) is 0 Å². The second kappa shape index (κ2) is 7.38. The average Bonchev–Trinajstić information content (AvgIpc) is 2.53. The van der Waals surface area contributed by atoms with E-state index < -0.39 is 6.10 Å². The molecular formula is C18H20ClNO3. The third kappa shape index (κ3) is 4.39. The second-order valence-corrected chi connectivity index (χ2v) is 5.73. The molecule has 1 N–H and O–H groups in total. The highest BCUT2D eigenvalue weighted by molar-refractivity contribution is 6.32. The van der Waals surface area contributed by atoms with Gasteiger partial charge in [0.15, 0.2) is 6.10 Å². The van der Waals surface area contributed by atoms with Gasteiger partial charge in [-0.05, 0) is 68.3 Å². The van der Waals surface area contributed by atoms with Crippen LogP contribution in [0.1, 0.15) is 18.1 Å². The van der Waals surface area contributed by atoms with Crippen molar-refractivity contribution in [3.05, 3.63) is 52.5 Å². The summed E-state index contributed by atoms with van der Waals surface area (Å²) in [7, 11) is 1.60. The van der Waals surface area contributed by atoms with E-state index in [0.717, 1.165) is 16.9 Å². The Kier molecular flexibility index (Phi) is 5.50. The lowest BCUT2D eigenvalue weighted by atomic mass is 10.1. The zero-order valence-corrected chi connectivity index (χ0v) is 14.4. The Labute approximate surface area is 141 Å². The maximum atomic E-state index is 12.2. The molecule has 2 aromatic carbocycles. The predicted molar refractivity (Wildman–Crippen MR) is 92.6 cm³/mol. The van der Waals surface area contributed by atoms with Gasteiger partial charge in [0, 0.05) is 10.7 Å². The molecule has 0 bridgehead atoms. The number of rotatable bonds is 5. The number of carbonyl (C=O) groups excluding carboxylic acids is 1. The third-order valence-electron chi connectivity index (χ3n) is 3.45. The van der Waals surface area contributed by atoms with Crippen molar-refractivity contribution in [2.24, 2.45) is 0 Å². The van der Waals surface area contributed by atoms with Crippen molar-refractivity contribution in [3.63, 3.8) is 0 Å². The van der Waals surface area contributed by atoms with Crippen LogP contribution in [-0.2, 0) is 4.79 Å². The van der Waals surface area contributed by atoms with Crippen LogP contribution < -0.4 is 14.8 Å². The smallest absolute Gasteiger partial charge is 0.265 e. The lowest BCUT2D eigenvalue weighted by Gasteiger charge is -2.16. The molecule has 0 aliphatic rings. The van der Waals surface area contributed by atoms with Gasteiger partial charge in [0.2, 0.25) is 0 Å². The van der Waals surface area contributed by atoms with E-state index in [1.807, 2.05) is 26.0 Å². The van der Waals surface area contributed by atoms with Gasteiger partial charge in [-0.2, -0.15) is 0 Å². The van der Waals surface area contributed by atoms with Crippen molar-refractivity contribution in [2.45, 2.75) is 26.9 Å². The predicted octanol–water partition coefficient (Wildman–Crippen LogP) is 4.37. The molecule has 0 saturated heterocycles. The summed E-state index contributed by atoms with van der Waals surface area (Å²) in [5.41, 5.74) is 2.53. The molecule has 122 valence electrons. The minimum atomic E-state index is -0.628. The van der Waals surface area contributed by atoms with Crippen LogP contribution in [0, 0.1) is 13.8 Å². The minimum Gasteiger partial charge on any atom is -0.497 e. The van der Waals surface area contributed by atoms with Gasteiger partial charge in [-0.3, -0.25) is 4.79 Å². The Morgan fingerprint density at radius 3 is 2.17 bits per heavy atom. The van der Waals surface area contributed by atoms with E-state index in [-0.39, 0.29) is 5.91 Å². The highest BCUT2D eigenvalue weighted by Gasteiger charge is 2.16. The molecule has 0 radical (unpaired) electrons. The Morgan fingerprint density at radius 1 is 1.09 bits per heavy atom. The Hall–Kier alpha value is -2.20. The molecule has 0 aliphatic carbocycles.